The molecule has 0 fully saturated rings. The van der Waals surface area contributed by atoms with Crippen molar-refractivity contribution in [3.8, 4) is 0 Å². The fourth-order valence-electron chi connectivity index (χ4n) is 1.89. The summed E-state index contributed by atoms with van der Waals surface area (Å²) in [7, 11) is 0. The molecular weight excluding hydrogens is 202 g/mol. The van der Waals surface area contributed by atoms with Gasteiger partial charge in [0.25, 0.3) is 0 Å². The van der Waals surface area contributed by atoms with E-state index < -0.39 is 6.09 Å². The molecule has 0 saturated carbocycles. The molecule has 0 aliphatic carbocycles. The topological polar surface area (TPSA) is 49.3 Å². The van der Waals surface area contributed by atoms with Gasteiger partial charge in [-0.05, 0) is 23.3 Å². The van der Waals surface area contributed by atoms with Gasteiger partial charge in [0.05, 0.1) is 6.04 Å². The third-order valence-electron chi connectivity index (χ3n) is 2.63. The largest absolute Gasteiger partial charge is 0.465 e. The van der Waals surface area contributed by atoms with Crippen molar-refractivity contribution in [2.75, 3.05) is 0 Å². The van der Waals surface area contributed by atoms with Crippen molar-refractivity contribution in [2.24, 2.45) is 0 Å². The van der Waals surface area contributed by atoms with Crippen LogP contribution in [0.1, 0.15) is 18.5 Å². The van der Waals surface area contributed by atoms with Crippen LogP contribution < -0.4 is 5.32 Å². The van der Waals surface area contributed by atoms with Crippen molar-refractivity contribution in [1.29, 1.82) is 0 Å². The Hall–Kier alpha value is -2.03. The molecule has 3 heteroatoms. The van der Waals surface area contributed by atoms with Crippen LogP contribution in [0.3, 0.4) is 0 Å². The van der Waals surface area contributed by atoms with E-state index in [9.17, 15) is 4.79 Å². The van der Waals surface area contributed by atoms with Crippen LogP contribution in [0.5, 0.6) is 0 Å². The number of hydrogen-bond donors (Lipinski definition) is 2. The second-order valence-corrected chi connectivity index (χ2v) is 3.74. The molecule has 2 N–H and O–H groups in total. The zero-order valence-corrected chi connectivity index (χ0v) is 8.97. The van der Waals surface area contributed by atoms with Crippen molar-refractivity contribution >= 4 is 16.9 Å². The molecule has 0 heterocycles. The summed E-state index contributed by atoms with van der Waals surface area (Å²) in [5, 5.41) is 13.4. The highest BCUT2D eigenvalue weighted by Crippen LogP contribution is 2.23. The summed E-state index contributed by atoms with van der Waals surface area (Å²) in [6.45, 7) is 1.84. The van der Waals surface area contributed by atoms with Gasteiger partial charge in [-0.2, -0.15) is 0 Å². The van der Waals surface area contributed by atoms with Crippen LogP contribution in [0.15, 0.2) is 42.5 Å². The minimum Gasteiger partial charge on any atom is -0.465 e. The zero-order chi connectivity index (χ0) is 11.5. The molecule has 1 atom stereocenters. The molecule has 0 saturated heterocycles. The molecule has 2 aromatic rings. The molecule has 16 heavy (non-hydrogen) atoms. The Labute approximate surface area is 93.7 Å². The minimum atomic E-state index is -1.000. The lowest BCUT2D eigenvalue weighted by Crippen LogP contribution is -2.24. The quantitative estimate of drug-likeness (QED) is 0.808. The monoisotopic (exact) mass is 215 g/mol. The van der Waals surface area contributed by atoms with Crippen LogP contribution in [0.2, 0.25) is 0 Å². The first-order valence-corrected chi connectivity index (χ1v) is 5.15. The van der Waals surface area contributed by atoms with Crippen LogP contribution >= 0.6 is 0 Å². The number of amides is 1. The molecule has 1 unspecified atom stereocenters. The van der Waals surface area contributed by atoms with E-state index in [1.165, 1.54) is 0 Å². The highest BCUT2D eigenvalue weighted by Gasteiger charge is 2.10. The predicted octanol–water partition coefficient (Wildman–Crippen LogP) is 3.17. The number of carboxylic acid groups (broad SMARTS) is 1. The molecule has 82 valence electrons. The third kappa shape index (κ3) is 1.98. The lowest BCUT2D eigenvalue weighted by atomic mass is 10.00. The number of rotatable bonds is 2. The van der Waals surface area contributed by atoms with E-state index in [1.54, 1.807) is 0 Å². The summed E-state index contributed by atoms with van der Waals surface area (Å²) in [6.07, 6.45) is -1.000. The second kappa shape index (κ2) is 4.23. The fourth-order valence-corrected chi connectivity index (χ4v) is 1.89. The molecule has 3 nitrogen and oxygen atoms in total. The summed E-state index contributed by atoms with van der Waals surface area (Å²) in [5.74, 6) is 0. The van der Waals surface area contributed by atoms with Crippen molar-refractivity contribution in [1.82, 2.24) is 5.32 Å². The van der Waals surface area contributed by atoms with Crippen LogP contribution in [0, 0.1) is 0 Å². The number of nitrogens with one attached hydrogen (secondary N) is 1. The highest BCUT2D eigenvalue weighted by atomic mass is 16.4. The van der Waals surface area contributed by atoms with Crippen LogP contribution in [0.4, 0.5) is 4.79 Å². The van der Waals surface area contributed by atoms with E-state index in [-0.39, 0.29) is 6.04 Å². The van der Waals surface area contributed by atoms with E-state index >= 15 is 0 Å². The first kappa shape index (κ1) is 10.5. The summed E-state index contributed by atoms with van der Waals surface area (Å²) < 4.78 is 0. The Kier molecular flexibility index (Phi) is 2.77. The standard InChI is InChI=1S/C13H13NO2/c1-9(14-13(15)16)11-8-4-6-10-5-2-3-7-12(10)11/h2-9,14H,1H3,(H,15,16). The third-order valence-corrected chi connectivity index (χ3v) is 2.63. The molecule has 0 radical (unpaired) electrons. The van der Waals surface area contributed by atoms with Gasteiger partial charge >= 0.3 is 6.09 Å². The van der Waals surface area contributed by atoms with Gasteiger partial charge in [0, 0.05) is 0 Å². The van der Waals surface area contributed by atoms with E-state index in [1.807, 2.05) is 49.4 Å². The lowest BCUT2D eigenvalue weighted by Gasteiger charge is -2.14. The van der Waals surface area contributed by atoms with Gasteiger partial charge in [-0.15, -0.1) is 0 Å². The number of benzene rings is 2. The van der Waals surface area contributed by atoms with Crippen LogP contribution in [-0.4, -0.2) is 11.2 Å². The first-order valence-electron chi connectivity index (χ1n) is 5.15. The Balaban J connectivity index is 2.47. The average Bonchev–Trinajstić information content (AvgIpc) is 2.27. The molecule has 0 aromatic heterocycles. The SMILES string of the molecule is CC(NC(=O)O)c1cccc2ccccc12. The van der Waals surface area contributed by atoms with Crippen LogP contribution in [0.25, 0.3) is 10.8 Å². The van der Waals surface area contributed by atoms with Gasteiger partial charge in [-0.3, -0.25) is 0 Å². The maximum Gasteiger partial charge on any atom is 0.405 e. The number of fused-ring (bicyclic) bond motifs is 1. The van der Waals surface area contributed by atoms with Crippen molar-refractivity contribution in [3.63, 3.8) is 0 Å². The summed E-state index contributed by atoms with van der Waals surface area (Å²) in [5.41, 5.74) is 1.00. The minimum absolute atomic E-state index is 0.205. The summed E-state index contributed by atoms with van der Waals surface area (Å²) >= 11 is 0. The van der Waals surface area contributed by atoms with Crippen molar-refractivity contribution in [2.45, 2.75) is 13.0 Å². The highest BCUT2D eigenvalue weighted by molar-refractivity contribution is 5.86. The normalized spacial score (nSPS) is 12.3. The molecule has 1 amide bonds. The van der Waals surface area contributed by atoms with Crippen molar-refractivity contribution in [3.05, 3.63) is 48.0 Å². The molecule has 0 bridgehead atoms. The Morgan fingerprint density at radius 1 is 1.19 bits per heavy atom. The van der Waals surface area contributed by atoms with Gasteiger partial charge in [-0.25, -0.2) is 4.79 Å². The maximum absolute atomic E-state index is 10.6. The molecule has 0 spiro atoms. The first-order chi connectivity index (χ1) is 7.68. The van der Waals surface area contributed by atoms with Gasteiger partial charge in [-0.1, -0.05) is 42.5 Å². The zero-order valence-electron chi connectivity index (χ0n) is 8.97. The molecular formula is C13H13NO2. The lowest BCUT2D eigenvalue weighted by molar-refractivity contribution is 0.191. The second-order valence-electron chi connectivity index (χ2n) is 3.74. The molecule has 2 aromatic carbocycles. The van der Waals surface area contributed by atoms with Gasteiger partial charge < -0.3 is 10.4 Å². The molecule has 0 aliphatic heterocycles. The summed E-state index contributed by atoms with van der Waals surface area (Å²) in [4.78, 5) is 10.6. The van der Waals surface area contributed by atoms with E-state index in [0.717, 1.165) is 16.3 Å². The van der Waals surface area contributed by atoms with Crippen molar-refractivity contribution < 1.29 is 9.90 Å². The maximum atomic E-state index is 10.6. The van der Waals surface area contributed by atoms with E-state index in [2.05, 4.69) is 5.32 Å². The predicted molar refractivity (Wildman–Crippen MR) is 63.5 cm³/mol. The Morgan fingerprint density at radius 3 is 2.62 bits per heavy atom. The van der Waals surface area contributed by atoms with Gasteiger partial charge in [0.15, 0.2) is 0 Å². The Morgan fingerprint density at radius 2 is 1.88 bits per heavy atom. The molecule has 2 rings (SSSR count). The van der Waals surface area contributed by atoms with Crippen LogP contribution in [-0.2, 0) is 0 Å². The Bertz CT molecular complexity index is 517. The molecule has 0 aliphatic rings. The number of hydrogen-bond acceptors (Lipinski definition) is 1. The van der Waals surface area contributed by atoms with Gasteiger partial charge in [0.2, 0.25) is 0 Å². The van der Waals surface area contributed by atoms with E-state index in [0.29, 0.717) is 0 Å². The summed E-state index contributed by atoms with van der Waals surface area (Å²) in [6, 6.07) is 13.7. The van der Waals surface area contributed by atoms with Gasteiger partial charge in [0.1, 0.15) is 0 Å². The fraction of sp³-hybridized carbons (Fsp3) is 0.154. The number of carbonyl (C=O) groups is 1. The van der Waals surface area contributed by atoms with E-state index in [4.69, 9.17) is 5.11 Å². The average molecular weight is 215 g/mol. The smallest absolute Gasteiger partial charge is 0.405 e.